The number of halogens is 1. The number of nitrogens with zero attached hydrogens (tertiary/aromatic N) is 1. The van der Waals surface area contributed by atoms with Crippen molar-refractivity contribution < 1.29 is 9.18 Å². The van der Waals surface area contributed by atoms with Gasteiger partial charge in [0.2, 0.25) is 0 Å². The monoisotopic (exact) mass is 272 g/mol. The van der Waals surface area contributed by atoms with E-state index in [2.05, 4.69) is 0 Å². The molecule has 0 aliphatic heterocycles. The maximum Gasteiger partial charge on any atom is 0.257 e. The predicted molar refractivity (Wildman–Crippen MR) is 77.8 cm³/mol. The van der Waals surface area contributed by atoms with Crippen molar-refractivity contribution in [3.05, 3.63) is 65.5 Å². The maximum absolute atomic E-state index is 13.8. The number of hydrogen-bond acceptors (Lipinski definition) is 2. The summed E-state index contributed by atoms with van der Waals surface area (Å²) < 4.78 is 13.8. The van der Waals surface area contributed by atoms with Crippen LogP contribution < -0.4 is 5.73 Å². The van der Waals surface area contributed by atoms with Crippen molar-refractivity contribution in [1.29, 1.82) is 0 Å². The summed E-state index contributed by atoms with van der Waals surface area (Å²) in [7, 11) is 1.66. The Labute approximate surface area is 117 Å². The molecule has 0 bridgehead atoms. The lowest BCUT2D eigenvalue weighted by Crippen LogP contribution is -2.30. The van der Waals surface area contributed by atoms with Crippen LogP contribution in [0, 0.1) is 5.82 Å². The third-order valence-corrected chi connectivity index (χ3v) is 3.41. The van der Waals surface area contributed by atoms with Crippen LogP contribution in [0.25, 0.3) is 0 Å². The van der Waals surface area contributed by atoms with E-state index in [0.29, 0.717) is 5.69 Å². The molecule has 0 saturated carbocycles. The lowest BCUT2D eigenvalue weighted by Gasteiger charge is -2.25. The van der Waals surface area contributed by atoms with Gasteiger partial charge in [0.05, 0.1) is 11.6 Å². The fourth-order valence-corrected chi connectivity index (χ4v) is 2.03. The first-order valence-electron chi connectivity index (χ1n) is 6.38. The van der Waals surface area contributed by atoms with Crippen molar-refractivity contribution in [3.63, 3.8) is 0 Å². The molecule has 0 fully saturated rings. The number of benzene rings is 2. The van der Waals surface area contributed by atoms with Crippen molar-refractivity contribution >= 4 is 11.6 Å². The first-order chi connectivity index (χ1) is 9.50. The Morgan fingerprint density at radius 3 is 2.45 bits per heavy atom. The molecule has 2 aromatic rings. The van der Waals surface area contributed by atoms with Crippen LogP contribution in [0.2, 0.25) is 0 Å². The first-order valence-corrected chi connectivity index (χ1v) is 6.38. The standard InChI is InChI=1S/C16H17FN2O/c1-11(12-6-4-3-5-7-12)19(2)16(20)14-9-8-13(18)10-15(14)17/h3-11H,18H2,1-2H3. The minimum Gasteiger partial charge on any atom is -0.399 e. The predicted octanol–water partition coefficient (Wildman–Crippen LogP) is 3.24. The molecule has 1 atom stereocenters. The topological polar surface area (TPSA) is 46.3 Å². The molecule has 0 spiro atoms. The number of nitrogens with two attached hydrogens (primary N) is 1. The maximum atomic E-state index is 13.8. The number of amides is 1. The fourth-order valence-electron chi connectivity index (χ4n) is 2.03. The Morgan fingerprint density at radius 2 is 1.85 bits per heavy atom. The largest absolute Gasteiger partial charge is 0.399 e. The third kappa shape index (κ3) is 2.79. The summed E-state index contributed by atoms with van der Waals surface area (Å²) in [6, 6.07) is 13.6. The van der Waals surface area contributed by atoms with Gasteiger partial charge in [-0.3, -0.25) is 4.79 Å². The van der Waals surface area contributed by atoms with Crippen molar-refractivity contribution in [2.45, 2.75) is 13.0 Å². The molecule has 2 rings (SSSR count). The Balaban J connectivity index is 2.24. The summed E-state index contributed by atoms with van der Waals surface area (Å²) in [5.41, 5.74) is 6.82. The normalized spacial score (nSPS) is 11.9. The van der Waals surface area contributed by atoms with Gasteiger partial charge in [-0.1, -0.05) is 30.3 Å². The molecular weight excluding hydrogens is 255 g/mol. The number of carbonyl (C=O) groups is 1. The molecule has 0 radical (unpaired) electrons. The van der Waals surface area contributed by atoms with Gasteiger partial charge in [0.15, 0.2) is 0 Å². The SMILES string of the molecule is CC(c1ccccc1)N(C)C(=O)c1ccc(N)cc1F. The van der Waals surface area contributed by atoms with Gasteiger partial charge in [0.1, 0.15) is 5.82 Å². The number of carbonyl (C=O) groups excluding carboxylic acids is 1. The summed E-state index contributed by atoms with van der Waals surface area (Å²) in [6.07, 6.45) is 0. The Hall–Kier alpha value is -2.36. The number of nitrogen functional groups attached to an aromatic ring is 1. The second-order valence-electron chi connectivity index (χ2n) is 4.74. The van der Waals surface area contributed by atoms with Gasteiger partial charge in [0, 0.05) is 12.7 Å². The number of anilines is 1. The fraction of sp³-hybridized carbons (Fsp3) is 0.188. The third-order valence-electron chi connectivity index (χ3n) is 3.41. The van der Waals surface area contributed by atoms with E-state index in [9.17, 15) is 9.18 Å². The highest BCUT2D eigenvalue weighted by atomic mass is 19.1. The molecule has 2 aromatic carbocycles. The Morgan fingerprint density at radius 1 is 1.20 bits per heavy atom. The molecule has 4 heteroatoms. The molecule has 0 aliphatic carbocycles. The van der Waals surface area contributed by atoms with Gasteiger partial charge in [-0.05, 0) is 30.7 Å². The van der Waals surface area contributed by atoms with Crippen LogP contribution >= 0.6 is 0 Å². The Kier molecular flexibility index (Phi) is 4.03. The molecule has 0 saturated heterocycles. The van der Waals surface area contributed by atoms with E-state index in [1.807, 2.05) is 37.3 Å². The molecule has 3 nitrogen and oxygen atoms in total. The molecule has 2 N–H and O–H groups in total. The number of hydrogen-bond donors (Lipinski definition) is 1. The molecule has 0 heterocycles. The molecular formula is C16H17FN2O. The zero-order valence-electron chi connectivity index (χ0n) is 11.5. The van der Waals surface area contributed by atoms with Crippen molar-refractivity contribution in [2.24, 2.45) is 0 Å². The van der Waals surface area contributed by atoms with Crippen molar-refractivity contribution in [1.82, 2.24) is 4.90 Å². The summed E-state index contributed by atoms with van der Waals surface area (Å²) in [4.78, 5) is 13.9. The summed E-state index contributed by atoms with van der Waals surface area (Å²) >= 11 is 0. The van der Waals surface area contributed by atoms with E-state index in [0.717, 1.165) is 11.6 Å². The highest BCUT2D eigenvalue weighted by Crippen LogP contribution is 2.22. The minimum atomic E-state index is -0.595. The van der Waals surface area contributed by atoms with Crippen LogP contribution in [0.1, 0.15) is 28.9 Å². The van der Waals surface area contributed by atoms with Gasteiger partial charge >= 0.3 is 0 Å². The smallest absolute Gasteiger partial charge is 0.257 e. The minimum absolute atomic E-state index is 0.0319. The van der Waals surface area contributed by atoms with E-state index < -0.39 is 5.82 Å². The summed E-state index contributed by atoms with van der Waals surface area (Å²) in [5.74, 6) is -0.957. The van der Waals surface area contributed by atoms with Crippen LogP contribution in [-0.4, -0.2) is 17.9 Å². The van der Waals surface area contributed by atoms with Crippen LogP contribution in [0.4, 0.5) is 10.1 Å². The highest BCUT2D eigenvalue weighted by molar-refractivity contribution is 5.94. The van der Waals surface area contributed by atoms with E-state index in [1.165, 1.54) is 17.0 Å². The van der Waals surface area contributed by atoms with Crippen molar-refractivity contribution in [2.75, 3.05) is 12.8 Å². The average molecular weight is 272 g/mol. The highest BCUT2D eigenvalue weighted by Gasteiger charge is 2.21. The zero-order valence-corrected chi connectivity index (χ0v) is 11.5. The van der Waals surface area contributed by atoms with Gasteiger partial charge < -0.3 is 10.6 Å². The average Bonchev–Trinajstić information content (AvgIpc) is 2.46. The summed E-state index contributed by atoms with van der Waals surface area (Å²) in [6.45, 7) is 1.91. The van der Waals surface area contributed by atoms with Crippen LogP contribution in [0.3, 0.4) is 0 Å². The van der Waals surface area contributed by atoms with Gasteiger partial charge in [-0.25, -0.2) is 4.39 Å². The van der Waals surface area contributed by atoms with Gasteiger partial charge in [-0.15, -0.1) is 0 Å². The van der Waals surface area contributed by atoms with Gasteiger partial charge in [0.25, 0.3) is 5.91 Å². The molecule has 1 unspecified atom stereocenters. The lowest BCUT2D eigenvalue weighted by atomic mass is 10.1. The second-order valence-corrected chi connectivity index (χ2v) is 4.74. The quantitative estimate of drug-likeness (QED) is 0.872. The number of rotatable bonds is 3. The molecule has 104 valence electrons. The zero-order chi connectivity index (χ0) is 14.7. The first kappa shape index (κ1) is 14.1. The van der Waals surface area contributed by atoms with Crippen LogP contribution in [-0.2, 0) is 0 Å². The van der Waals surface area contributed by atoms with Crippen LogP contribution in [0.15, 0.2) is 48.5 Å². The Bertz CT molecular complexity index is 613. The van der Waals surface area contributed by atoms with E-state index in [4.69, 9.17) is 5.73 Å². The van der Waals surface area contributed by atoms with E-state index in [1.54, 1.807) is 7.05 Å². The summed E-state index contributed by atoms with van der Waals surface area (Å²) in [5, 5.41) is 0. The molecule has 0 aromatic heterocycles. The molecule has 20 heavy (non-hydrogen) atoms. The van der Waals surface area contributed by atoms with E-state index in [-0.39, 0.29) is 17.5 Å². The van der Waals surface area contributed by atoms with E-state index >= 15 is 0 Å². The van der Waals surface area contributed by atoms with Crippen molar-refractivity contribution in [3.8, 4) is 0 Å². The second kappa shape index (κ2) is 5.74. The molecule has 1 amide bonds. The van der Waals surface area contributed by atoms with Crippen LogP contribution in [0.5, 0.6) is 0 Å². The lowest BCUT2D eigenvalue weighted by molar-refractivity contribution is 0.0738. The molecule has 0 aliphatic rings. The van der Waals surface area contributed by atoms with Gasteiger partial charge in [-0.2, -0.15) is 0 Å².